The molecule has 104 valence electrons. The normalized spacial score (nSPS) is 12.4. The number of nitrogens with one attached hydrogen (secondary N) is 1. The van der Waals surface area contributed by atoms with Gasteiger partial charge >= 0.3 is 0 Å². The molecule has 0 aromatic carbocycles. The lowest BCUT2D eigenvalue weighted by Gasteiger charge is -2.16. The lowest BCUT2D eigenvalue weighted by Crippen LogP contribution is -2.44. The van der Waals surface area contributed by atoms with Crippen molar-refractivity contribution in [1.29, 1.82) is 0 Å². The molecule has 1 amide bonds. The summed E-state index contributed by atoms with van der Waals surface area (Å²) in [5.41, 5.74) is 5.67. The second kappa shape index (κ2) is 11.1. The largest absolute Gasteiger partial charge is 0.355 e. The molecular weight excluding hydrogens is 262 g/mol. The van der Waals surface area contributed by atoms with E-state index in [2.05, 4.69) is 9.65 Å². The van der Waals surface area contributed by atoms with Crippen LogP contribution in [0.25, 0.3) is 0 Å². The van der Waals surface area contributed by atoms with E-state index in [1.165, 1.54) is 0 Å². The Morgan fingerprint density at radius 3 is 2.65 bits per heavy atom. The number of amides is 1. The van der Waals surface area contributed by atoms with E-state index < -0.39 is 6.04 Å². The van der Waals surface area contributed by atoms with Crippen molar-refractivity contribution in [3.05, 3.63) is 0 Å². The molecule has 1 unspecified atom stereocenters. The third-order valence-corrected chi connectivity index (χ3v) is 2.63. The minimum absolute atomic E-state index is 0. The Balaban J connectivity index is 0. The lowest BCUT2D eigenvalue weighted by atomic mass is 10.1. The van der Waals surface area contributed by atoms with Crippen molar-refractivity contribution in [2.45, 2.75) is 26.3 Å². The van der Waals surface area contributed by atoms with E-state index in [1.54, 1.807) is 11.4 Å². The first kappa shape index (κ1) is 19.4. The van der Waals surface area contributed by atoms with Crippen LogP contribution in [0.2, 0.25) is 0 Å². The van der Waals surface area contributed by atoms with E-state index in [0.717, 1.165) is 18.6 Å². The van der Waals surface area contributed by atoms with Gasteiger partial charge in [0, 0.05) is 13.1 Å². The van der Waals surface area contributed by atoms with Crippen LogP contribution in [0, 0.1) is 5.92 Å². The van der Waals surface area contributed by atoms with Crippen molar-refractivity contribution >= 4 is 31.6 Å². The summed E-state index contributed by atoms with van der Waals surface area (Å²) in [5.74, 6) is 0.0183. The zero-order valence-electron chi connectivity index (χ0n) is 10.5. The monoisotopic (exact) mass is 285 g/mol. The van der Waals surface area contributed by atoms with Gasteiger partial charge in [0.05, 0.1) is 6.04 Å². The van der Waals surface area contributed by atoms with Gasteiger partial charge in [-0.05, 0) is 19.4 Å². The second-order valence-corrected chi connectivity index (χ2v) is 4.84. The molecule has 0 aliphatic carbocycles. The summed E-state index contributed by atoms with van der Waals surface area (Å²) < 4.78 is 5.60. The Labute approximate surface area is 114 Å². The van der Waals surface area contributed by atoms with Crippen LogP contribution in [-0.4, -0.2) is 41.6 Å². The molecule has 4 N–H and O–H groups in total. The number of rotatable bonds is 8. The Morgan fingerprint density at radius 1 is 1.59 bits per heavy atom. The Morgan fingerprint density at radius 2 is 2.18 bits per heavy atom. The van der Waals surface area contributed by atoms with Crippen LogP contribution in [0.4, 0.5) is 0 Å². The average molecular weight is 285 g/mol. The highest BCUT2D eigenvalue weighted by Crippen LogP contribution is 2.05. The Kier molecular flexibility index (Phi) is 12.7. The maximum Gasteiger partial charge on any atom is 0.237 e. The van der Waals surface area contributed by atoms with Crippen molar-refractivity contribution in [3.8, 4) is 0 Å². The summed E-state index contributed by atoms with van der Waals surface area (Å²) in [5, 5.41) is 10.9. The lowest BCUT2D eigenvalue weighted by molar-refractivity contribution is -0.123. The first-order valence-electron chi connectivity index (χ1n) is 5.21. The molecular formula is C9H23N3O3S2. The molecule has 0 aromatic rings. The average Bonchev–Trinajstić information content (AvgIpc) is 2.23. The minimum Gasteiger partial charge on any atom is -0.355 e. The molecule has 0 rings (SSSR count). The van der Waals surface area contributed by atoms with Gasteiger partial charge in [-0.2, -0.15) is 13.5 Å². The van der Waals surface area contributed by atoms with E-state index in [1.807, 2.05) is 13.8 Å². The fourth-order valence-electron chi connectivity index (χ4n) is 1.03. The highest BCUT2D eigenvalue weighted by atomic mass is 32.2. The fourth-order valence-corrected chi connectivity index (χ4v) is 1.35. The SMILES string of the molecule is CC(C)C(N)C(=O)NCCCN(C)SOO.S. The predicted octanol–water partition coefficient (Wildman–Crippen LogP) is 0.573. The molecule has 0 aliphatic heterocycles. The van der Waals surface area contributed by atoms with Crippen molar-refractivity contribution in [3.63, 3.8) is 0 Å². The van der Waals surface area contributed by atoms with Gasteiger partial charge in [-0.1, -0.05) is 13.8 Å². The molecule has 8 heteroatoms. The minimum atomic E-state index is -0.451. The van der Waals surface area contributed by atoms with Crippen molar-refractivity contribution < 1.29 is 14.4 Å². The van der Waals surface area contributed by atoms with Gasteiger partial charge in [0.2, 0.25) is 5.91 Å². The van der Waals surface area contributed by atoms with E-state index in [-0.39, 0.29) is 25.3 Å². The van der Waals surface area contributed by atoms with Gasteiger partial charge in [0.1, 0.15) is 12.2 Å². The molecule has 0 fully saturated rings. The standard InChI is InChI=1S/C9H21N3O3S.H2S/c1-7(2)8(10)9(13)11-5-4-6-12(3)16-15-14;/h7-8,14H,4-6,10H2,1-3H3,(H,11,13);1H2. The van der Waals surface area contributed by atoms with Crippen LogP contribution in [0.1, 0.15) is 20.3 Å². The molecule has 6 nitrogen and oxygen atoms in total. The van der Waals surface area contributed by atoms with Crippen LogP contribution >= 0.6 is 25.7 Å². The van der Waals surface area contributed by atoms with Gasteiger partial charge in [0.15, 0.2) is 0 Å². The zero-order valence-corrected chi connectivity index (χ0v) is 12.3. The first-order valence-corrected chi connectivity index (χ1v) is 5.91. The zero-order chi connectivity index (χ0) is 12.6. The molecule has 0 bridgehead atoms. The topological polar surface area (TPSA) is 87.8 Å². The number of nitrogens with zero attached hydrogens (tertiary/aromatic N) is 1. The first-order chi connectivity index (χ1) is 7.49. The molecule has 0 heterocycles. The fraction of sp³-hybridized carbons (Fsp3) is 0.889. The second-order valence-electron chi connectivity index (χ2n) is 3.91. The number of hydrogen-bond acceptors (Lipinski definition) is 6. The van der Waals surface area contributed by atoms with Gasteiger partial charge in [0.25, 0.3) is 0 Å². The molecule has 0 saturated carbocycles. The molecule has 0 spiro atoms. The van der Waals surface area contributed by atoms with E-state index in [9.17, 15) is 4.79 Å². The van der Waals surface area contributed by atoms with E-state index in [0.29, 0.717) is 13.1 Å². The maximum atomic E-state index is 11.4. The van der Waals surface area contributed by atoms with E-state index in [4.69, 9.17) is 11.0 Å². The highest BCUT2D eigenvalue weighted by Gasteiger charge is 2.16. The number of hydrogen-bond donors (Lipinski definition) is 3. The van der Waals surface area contributed by atoms with Crippen LogP contribution in [0.3, 0.4) is 0 Å². The molecule has 0 aromatic heterocycles. The molecule has 1 atom stereocenters. The van der Waals surface area contributed by atoms with Gasteiger partial charge in [-0.15, -0.1) is 4.33 Å². The van der Waals surface area contributed by atoms with Crippen molar-refractivity contribution in [1.82, 2.24) is 9.62 Å². The molecule has 17 heavy (non-hydrogen) atoms. The molecule has 0 aliphatic rings. The molecule has 0 radical (unpaired) electrons. The van der Waals surface area contributed by atoms with Crippen LogP contribution in [-0.2, 0) is 9.13 Å². The summed E-state index contributed by atoms with van der Waals surface area (Å²) >= 11 is 0.853. The molecule has 0 saturated heterocycles. The van der Waals surface area contributed by atoms with Crippen molar-refractivity contribution in [2.75, 3.05) is 20.1 Å². The summed E-state index contributed by atoms with van der Waals surface area (Å²) in [6, 6.07) is -0.451. The Bertz CT molecular complexity index is 208. The quantitative estimate of drug-likeness (QED) is 0.199. The van der Waals surface area contributed by atoms with Crippen LogP contribution in [0.5, 0.6) is 0 Å². The summed E-state index contributed by atoms with van der Waals surface area (Å²) in [4.78, 5) is 11.4. The van der Waals surface area contributed by atoms with Crippen LogP contribution in [0.15, 0.2) is 0 Å². The van der Waals surface area contributed by atoms with Gasteiger partial charge in [-0.25, -0.2) is 9.56 Å². The number of nitrogens with two attached hydrogens (primary N) is 1. The van der Waals surface area contributed by atoms with Gasteiger partial charge < -0.3 is 11.1 Å². The maximum absolute atomic E-state index is 11.4. The third kappa shape index (κ3) is 9.69. The Hall–Kier alpha value is 0.01000. The smallest absolute Gasteiger partial charge is 0.237 e. The third-order valence-electron chi connectivity index (χ3n) is 2.13. The van der Waals surface area contributed by atoms with Crippen molar-refractivity contribution in [2.24, 2.45) is 11.7 Å². The van der Waals surface area contributed by atoms with Gasteiger partial charge in [-0.3, -0.25) is 4.79 Å². The summed E-state index contributed by atoms with van der Waals surface area (Å²) in [7, 11) is 1.78. The van der Waals surface area contributed by atoms with Crippen LogP contribution < -0.4 is 11.1 Å². The summed E-state index contributed by atoms with van der Waals surface area (Å²) in [6.07, 6.45) is 0.767. The summed E-state index contributed by atoms with van der Waals surface area (Å²) in [6.45, 7) is 5.08. The highest BCUT2D eigenvalue weighted by molar-refractivity contribution is 7.92. The number of carbonyl (C=O) groups is 1. The number of carbonyl (C=O) groups excluding carboxylic acids is 1. The van der Waals surface area contributed by atoms with E-state index >= 15 is 0 Å². The predicted molar refractivity (Wildman–Crippen MR) is 74.8 cm³/mol.